The number of fused-ring (bicyclic) bond motifs is 8. The maximum Gasteiger partial charge on any atom is 2.00 e. The van der Waals surface area contributed by atoms with E-state index in [1.165, 1.54) is 22.3 Å². The van der Waals surface area contributed by atoms with Crippen molar-refractivity contribution in [1.82, 2.24) is 19.9 Å². The van der Waals surface area contributed by atoms with Crippen LogP contribution in [0.25, 0.3) is 50.4 Å². The van der Waals surface area contributed by atoms with Crippen LogP contribution >= 0.6 is 0 Å². The zero-order chi connectivity index (χ0) is 27.1. The van der Waals surface area contributed by atoms with E-state index in [4.69, 9.17) is 19.9 Å². The fraction of sp³-hybridized carbons (Fsp3) is 0.294. The third kappa shape index (κ3) is 4.90. The van der Waals surface area contributed by atoms with Crippen LogP contribution in [-0.2, 0) is 23.5 Å². The van der Waals surface area contributed by atoms with Crippen LogP contribution in [0.1, 0.15) is 92.0 Å². The Hall–Kier alpha value is -3.40. The SMILES string of the molecule is C=CC1=C(C)c2cc3[n-]c(cc4nc(cc5[n-]c(cc1n2)c(C)c5CCC)C(CCC)=C4C)c(C)c3C=C.[Fe+2]. The average Bonchev–Trinajstić information content (AvgIpc) is 3.55. The second kappa shape index (κ2) is 11.4. The molecule has 0 amide bonds. The van der Waals surface area contributed by atoms with Crippen molar-refractivity contribution >= 4 is 50.4 Å². The Balaban J connectivity index is 0.00000353. The van der Waals surface area contributed by atoms with Gasteiger partial charge in [0.2, 0.25) is 0 Å². The Morgan fingerprint density at radius 2 is 1.23 bits per heavy atom. The maximum absolute atomic E-state index is 5.14. The number of rotatable bonds is 6. The summed E-state index contributed by atoms with van der Waals surface area (Å²) in [6.07, 6.45) is 7.85. The molecule has 200 valence electrons. The monoisotopic (exact) mass is 556 g/mol. The normalized spacial score (nSPS) is 13.1. The Kier molecular flexibility index (Phi) is 8.34. The van der Waals surface area contributed by atoms with Crippen molar-refractivity contribution in [3.05, 3.63) is 88.5 Å². The number of allylic oxidation sites excluding steroid dienone is 5. The molecule has 3 aromatic heterocycles. The molecule has 0 saturated heterocycles. The Morgan fingerprint density at radius 3 is 1.90 bits per heavy atom. The fourth-order valence-corrected chi connectivity index (χ4v) is 5.65. The van der Waals surface area contributed by atoms with E-state index < -0.39 is 0 Å². The summed E-state index contributed by atoms with van der Waals surface area (Å²) in [5.74, 6) is 0. The number of aryl methyl sites for hydroxylation is 3. The van der Waals surface area contributed by atoms with E-state index in [1.807, 2.05) is 12.2 Å². The van der Waals surface area contributed by atoms with Gasteiger partial charge >= 0.3 is 17.1 Å². The average molecular weight is 557 g/mol. The molecule has 39 heavy (non-hydrogen) atoms. The minimum Gasteiger partial charge on any atom is -0.657 e. The van der Waals surface area contributed by atoms with E-state index in [9.17, 15) is 0 Å². The molecule has 0 aromatic carbocycles. The predicted molar refractivity (Wildman–Crippen MR) is 163 cm³/mol. The maximum atomic E-state index is 5.14. The van der Waals surface area contributed by atoms with Crippen molar-refractivity contribution in [1.29, 1.82) is 0 Å². The summed E-state index contributed by atoms with van der Waals surface area (Å²) in [4.78, 5) is 20.4. The molecular weight excluding hydrogens is 520 g/mol. The van der Waals surface area contributed by atoms with Gasteiger partial charge in [-0.2, -0.15) is 0 Å². The molecule has 0 fully saturated rings. The topological polar surface area (TPSA) is 54.0 Å². The van der Waals surface area contributed by atoms with E-state index in [0.29, 0.717) is 0 Å². The van der Waals surface area contributed by atoms with Crippen molar-refractivity contribution in [3.8, 4) is 0 Å². The van der Waals surface area contributed by atoms with Gasteiger partial charge in [0.25, 0.3) is 0 Å². The number of aromatic nitrogens is 4. The van der Waals surface area contributed by atoms with Crippen LogP contribution in [0.4, 0.5) is 0 Å². The second-order valence-electron chi connectivity index (χ2n) is 10.3. The van der Waals surface area contributed by atoms with E-state index in [0.717, 1.165) is 92.8 Å². The summed E-state index contributed by atoms with van der Waals surface area (Å²) < 4.78 is 0. The first-order valence-electron chi connectivity index (χ1n) is 13.6. The minimum atomic E-state index is 0. The van der Waals surface area contributed by atoms with Crippen molar-refractivity contribution in [2.24, 2.45) is 0 Å². The van der Waals surface area contributed by atoms with Crippen LogP contribution in [-0.4, -0.2) is 9.97 Å². The van der Waals surface area contributed by atoms with E-state index >= 15 is 0 Å². The summed E-state index contributed by atoms with van der Waals surface area (Å²) in [5.41, 5.74) is 16.8. The molecule has 0 spiro atoms. The van der Waals surface area contributed by atoms with E-state index in [1.54, 1.807) is 0 Å². The third-order valence-electron chi connectivity index (χ3n) is 7.89. The molecule has 0 radical (unpaired) electrons. The molecular formula is C34H36FeN4. The van der Waals surface area contributed by atoms with Gasteiger partial charge in [-0.15, -0.1) is 22.1 Å². The molecule has 0 N–H and O–H groups in total. The number of nitrogens with zero attached hydrogens (tertiary/aromatic N) is 4. The van der Waals surface area contributed by atoms with Crippen LogP contribution in [0.3, 0.4) is 0 Å². The predicted octanol–water partition coefficient (Wildman–Crippen LogP) is 8.63. The van der Waals surface area contributed by atoms with Gasteiger partial charge < -0.3 is 9.97 Å². The van der Waals surface area contributed by atoms with Gasteiger partial charge in [0.05, 0.1) is 22.8 Å². The van der Waals surface area contributed by atoms with Gasteiger partial charge in [-0.1, -0.05) is 93.0 Å². The quantitative estimate of drug-likeness (QED) is 0.285. The molecule has 3 aromatic rings. The third-order valence-corrected chi connectivity index (χ3v) is 7.89. The van der Waals surface area contributed by atoms with Crippen molar-refractivity contribution in [2.75, 3.05) is 0 Å². The Bertz CT molecular complexity index is 1710. The van der Waals surface area contributed by atoms with Crippen LogP contribution < -0.4 is 9.97 Å². The van der Waals surface area contributed by atoms with Gasteiger partial charge in [0.15, 0.2) is 0 Å². The molecule has 2 aliphatic heterocycles. The van der Waals surface area contributed by atoms with Gasteiger partial charge in [-0.05, 0) is 62.8 Å². The zero-order valence-electron chi connectivity index (χ0n) is 23.8. The van der Waals surface area contributed by atoms with Gasteiger partial charge in [0.1, 0.15) is 0 Å². The first-order chi connectivity index (χ1) is 18.3. The molecule has 0 atom stereocenters. The molecule has 0 saturated carbocycles. The molecule has 2 aliphatic rings. The van der Waals surface area contributed by atoms with Gasteiger partial charge in [0, 0.05) is 5.57 Å². The first kappa shape index (κ1) is 28.6. The van der Waals surface area contributed by atoms with Crippen LogP contribution in [0.2, 0.25) is 0 Å². The van der Waals surface area contributed by atoms with Crippen LogP contribution in [0, 0.1) is 13.8 Å². The molecule has 0 unspecified atom stereocenters. The number of hydrogen-bond acceptors (Lipinski definition) is 2. The molecule has 8 bridgehead atoms. The van der Waals surface area contributed by atoms with Crippen LogP contribution in [0.15, 0.2) is 43.5 Å². The minimum absolute atomic E-state index is 0. The fourth-order valence-electron chi connectivity index (χ4n) is 5.65. The summed E-state index contributed by atoms with van der Waals surface area (Å²) in [5, 5.41) is 0. The largest absolute Gasteiger partial charge is 2.00 e. The van der Waals surface area contributed by atoms with E-state index in [2.05, 4.69) is 79.0 Å². The summed E-state index contributed by atoms with van der Waals surface area (Å²) >= 11 is 0. The molecule has 5 heteroatoms. The standard InChI is InChI=1S/C34H36N4.Fe/c1-9-13-25-21(7)28-15-27-19(5)23(11-3)31(35-27)16-29-20(6)24(12-4)32(36-29)17-30-22(8)26(14-10-2)34(38-30)18-33(25)37-28;/h11-12,15-18H,3-4,9-10,13-14H2,1-2,5-8H3;/q-2;+2. The Labute approximate surface area is 242 Å². The second-order valence-corrected chi connectivity index (χ2v) is 10.3. The first-order valence-corrected chi connectivity index (χ1v) is 13.6. The summed E-state index contributed by atoms with van der Waals surface area (Å²) in [7, 11) is 0. The Morgan fingerprint density at radius 1 is 0.667 bits per heavy atom. The van der Waals surface area contributed by atoms with Gasteiger partial charge in [-0.3, -0.25) is 0 Å². The molecule has 0 aliphatic carbocycles. The molecule has 5 heterocycles. The van der Waals surface area contributed by atoms with E-state index in [-0.39, 0.29) is 17.1 Å². The molecule has 4 nitrogen and oxygen atoms in total. The number of hydrogen-bond donors (Lipinski definition) is 0. The van der Waals surface area contributed by atoms with Crippen molar-refractivity contribution in [3.63, 3.8) is 0 Å². The van der Waals surface area contributed by atoms with Crippen molar-refractivity contribution < 1.29 is 17.1 Å². The zero-order valence-corrected chi connectivity index (χ0v) is 25.0. The van der Waals surface area contributed by atoms with Gasteiger partial charge in [-0.25, -0.2) is 9.97 Å². The van der Waals surface area contributed by atoms with Crippen molar-refractivity contribution in [2.45, 2.75) is 67.2 Å². The van der Waals surface area contributed by atoms with Crippen LogP contribution in [0.5, 0.6) is 0 Å². The molecule has 5 rings (SSSR count). The summed E-state index contributed by atoms with van der Waals surface area (Å²) in [6, 6.07) is 8.50. The summed E-state index contributed by atoms with van der Waals surface area (Å²) in [6.45, 7) is 21.2. The smallest absolute Gasteiger partial charge is 0.657 e.